The minimum atomic E-state index is -4.85. The van der Waals surface area contributed by atoms with Crippen molar-refractivity contribution in [1.29, 1.82) is 0 Å². The number of benzene rings is 2. The maximum absolute atomic E-state index is 12.4. The first-order valence-corrected chi connectivity index (χ1v) is 6.11. The molecule has 0 aliphatic carbocycles. The highest BCUT2D eigenvalue weighted by Gasteiger charge is 2.32. The quantitative estimate of drug-likeness (QED) is 0.930. The maximum Gasteiger partial charge on any atom is 0.573 e. The third kappa shape index (κ3) is 3.46. The lowest BCUT2D eigenvalue weighted by Gasteiger charge is -2.15. The van der Waals surface area contributed by atoms with Crippen LogP contribution in [0.15, 0.2) is 42.5 Å². The Morgan fingerprint density at radius 1 is 1.05 bits per heavy atom. The summed E-state index contributed by atoms with van der Waals surface area (Å²) in [6, 6.07) is 9.83. The maximum atomic E-state index is 12.4. The molecule has 2 rings (SSSR count). The lowest BCUT2D eigenvalue weighted by atomic mass is 9.98. The van der Waals surface area contributed by atoms with Crippen LogP contribution in [0.1, 0.15) is 10.4 Å². The van der Waals surface area contributed by atoms with Crippen molar-refractivity contribution in [3.05, 3.63) is 53.1 Å². The summed E-state index contributed by atoms with van der Waals surface area (Å²) in [5.74, 6) is -1.27. The van der Waals surface area contributed by atoms with Crippen LogP contribution in [0.5, 0.6) is 5.75 Å². The van der Waals surface area contributed by atoms with Crippen molar-refractivity contribution in [3.63, 3.8) is 0 Å². The van der Waals surface area contributed by atoms with Gasteiger partial charge in [0.1, 0.15) is 5.75 Å². The highest BCUT2D eigenvalue weighted by atomic mass is 35.5. The zero-order chi connectivity index (χ0) is 15.6. The number of halogens is 4. The third-order valence-corrected chi connectivity index (χ3v) is 2.98. The molecule has 0 saturated heterocycles. The Morgan fingerprint density at radius 3 is 2.29 bits per heavy atom. The molecule has 0 atom stereocenters. The highest BCUT2D eigenvalue weighted by molar-refractivity contribution is 6.34. The summed E-state index contributed by atoms with van der Waals surface area (Å²) in [6.07, 6.45) is -4.85. The van der Waals surface area contributed by atoms with Crippen molar-refractivity contribution in [1.82, 2.24) is 0 Å². The zero-order valence-corrected chi connectivity index (χ0v) is 11.2. The van der Waals surface area contributed by atoms with Gasteiger partial charge in [0.25, 0.3) is 5.91 Å². The van der Waals surface area contributed by atoms with Crippen LogP contribution in [0.25, 0.3) is 11.1 Å². The Kier molecular flexibility index (Phi) is 4.09. The minimum Gasteiger partial charge on any atom is -0.405 e. The summed E-state index contributed by atoms with van der Waals surface area (Å²) in [5.41, 5.74) is 5.44. The molecule has 0 aliphatic heterocycles. The van der Waals surface area contributed by atoms with E-state index in [1.165, 1.54) is 36.4 Å². The van der Waals surface area contributed by atoms with Gasteiger partial charge >= 0.3 is 6.36 Å². The number of primary amides is 1. The van der Waals surface area contributed by atoms with Crippen molar-refractivity contribution in [3.8, 4) is 16.9 Å². The standard InChI is InChI=1S/C14H9ClF3NO2/c15-10-6-3-5-9(12(10)13(19)20)8-4-1-2-7-11(8)21-14(16,17)18/h1-7H,(H2,19,20). The molecule has 21 heavy (non-hydrogen) atoms. The number of para-hydroxylation sites is 1. The van der Waals surface area contributed by atoms with E-state index in [9.17, 15) is 18.0 Å². The zero-order valence-electron chi connectivity index (χ0n) is 10.4. The van der Waals surface area contributed by atoms with Crippen LogP contribution in [0.3, 0.4) is 0 Å². The number of carbonyl (C=O) groups is 1. The lowest BCUT2D eigenvalue weighted by Crippen LogP contribution is -2.18. The number of carbonyl (C=O) groups excluding carboxylic acids is 1. The van der Waals surface area contributed by atoms with Gasteiger partial charge in [0.15, 0.2) is 0 Å². The Morgan fingerprint density at radius 2 is 1.67 bits per heavy atom. The van der Waals surface area contributed by atoms with Gasteiger partial charge < -0.3 is 10.5 Å². The van der Waals surface area contributed by atoms with Crippen molar-refractivity contribution >= 4 is 17.5 Å². The molecule has 0 heterocycles. The average Bonchev–Trinajstić information content (AvgIpc) is 2.36. The molecule has 110 valence electrons. The molecule has 0 bridgehead atoms. The molecule has 0 unspecified atom stereocenters. The van der Waals surface area contributed by atoms with Gasteiger partial charge in [-0.25, -0.2) is 0 Å². The third-order valence-electron chi connectivity index (χ3n) is 2.66. The van der Waals surface area contributed by atoms with Gasteiger partial charge in [0.2, 0.25) is 0 Å². The fourth-order valence-corrected chi connectivity index (χ4v) is 2.17. The molecular weight excluding hydrogens is 307 g/mol. The van der Waals surface area contributed by atoms with Crippen molar-refractivity contribution in [2.75, 3.05) is 0 Å². The highest BCUT2D eigenvalue weighted by Crippen LogP contribution is 2.37. The van der Waals surface area contributed by atoms with E-state index in [0.29, 0.717) is 0 Å². The Hall–Kier alpha value is -2.21. The van der Waals surface area contributed by atoms with E-state index < -0.39 is 18.0 Å². The van der Waals surface area contributed by atoms with Gasteiger partial charge in [-0.05, 0) is 17.7 Å². The predicted octanol–water partition coefficient (Wildman–Crippen LogP) is 4.00. The molecule has 3 nitrogen and oxygen atoms in total. The fraction of sp³-hybridized carbons (Fsp3) is 0.0714. The van der Waals surface area contributed by atoms with E-state index in [4.69, 9.17) is 17.3 Å². The molecule has 0 spiro atoms. The van der Waals surface area contributed by atoms with Gasteiger partial charge in [-0.15, -0.1) is 13.2 Å². The second kappa shape index (κ2) is 5.65. The molecular formula is C14H9ClF3NO2. The first kappa shape index (κ1) is 15.2. The second-order valence-corrected chi connectivity index (χ2v) is 4.48. The molecule has 2 N–H and O–H groups in total. The molecule has 0 radical (unpaired) electrons. The topological polar surface area (TPSA) is 52.3 Å². The lowest BCUT2D eigenvalue weighted by molar-refractivity contribution is -0.274. The first-order chi connectivity index (χ1) is 9.79. The van der Waals surface area contributed by atoms with E-state index in [0.717, 1.165) is 6.07 Å². The SMILES string of the molecule is NC(=O)c1c(Cl)cccc1-c1ccccc1OC(F)(F)F. The number of hydrogen-bond donors (Lipinski definition) is 1. The number of ether oxygens (including phenoxy) is 1. The van der Waals surface area contributed by atoms with Crippen LogP contribution in [-0.2, 0) is 0 Å². The van der Waals surface area contributed by atoms with Crippen molar-refractivity contribution in [2.45, 2.75) is 6.36 Å². The number of nitrogens with two attached hydrogens (primary N) is 1. The summed E-state index contributed by atoms with van der Waals surface area (Å²) in [6.45, 7) is 0. The van der Waals surface area contributed by atoms with Crippen LogP contribution < -0.4 is 10.5 Å². The normalized spacial score (nSPS) is 11.2. The number of alkyl halides is 3. The monoisotopic (exact) mass is 315 g/mol. The van der Waals surface area contributed by atoms with E-state index in [1.54, 1.807) is 0 Å². The smallest absolute Gasteiger partial charge is 0.405 e. The van der Waals surface area contributed by atoms with E-state index in [2.05, 4.69) is 4.74 Å². The minimum absolute atomic E-state index is 0.0572. The van der Waals surface area contributed by atoms with Crippen LogP contribution >= 0.6 is 11.6 Å². The van der Waals surface area contributed by atoms with Gasteiger partial charge in [-0.2, -0.15) is 0 Å². The average molecular weight is 316 g/mol. The molecule has 2 aromatic carbocycles. The largest absolute Gasteiger partial charge is 0.573 e. The second-order valence-electron chi connectivity index (χ2n) is 4.07. The predicted molar refractivity (Wildman–Crippen MR) is 72.1 cm³/mol. The Bertz CT molecular complexity index is 686. The van der Waals surface area contributed by atoms with E-state index in [1.807, 2.05) is 0 Å². The van der Waals surface area contributed by atoms with Crippen molar-refractivity contribution in [2.24, 2.45) is 5.73 Å². The number of hydrogen-bond acceptors (Lipinski definition) is 2. The molecule has 0 aromatic heterocycles. The molecule has 7 heteroatoms. The summed E-state index contributed by atoms with van der Waals surface area (Å²) < 4.78 is 41.3. The fourth-order valence-electron chi connectivity index (χ4n) is 1.90. The number of amides is 1. The van der Waals surface area contributed by atoms with Gasteiger partial charge in [0, 0.05) is 5.56 Å². The van der Waals surface area contributed by atoms with Crippen LogP contribution in [0.4, 0.5) is 13.2 Å². The van der Waals surface area contributed by atoms with E-state index in [-0.39, 0.29) is 21.7 Å². The molecule has 0 saturated carbocycles. The first-order valence-electron chi connectivity index (χ1n) is 5.73. The van der Waals surface area contributed by atoms with Crippen LogP contribution in [0, 0.1) is 0 Å². The van der Waals surface area contributed by atoms with Gasteiger partial charge in [0.05, 0.1) is 10.6 Å². The molecule has 0 fully saturated rings. The Balaban J connectivity index is 2.63. The summed E-state index contributed by atoms with van der Waals surface area (Å²) in [5, 5.41) is 0.0572. The molecule has 1 amide bonds. The van der Waals surface area contributed by atoms with E-state index >= 15 is 0 Å². The summed E-state index contributed by atoms with van der Waals surface area (Å²) in [7, 11) is 0. The molecule has 2 aromatic rings. The Labute approximate surface area is 123 Å². The number of rotatable bonds is 3. The van der Waals surface area contributed by atoms with Gasteiger partial charge in [-0.1, -0.05) is 41.9 Å². The summed E-state index contributed by atoms with van der Waals surface area (Å²) in [4.78, 5) is 11.5. The van der Waals surface area contributed by atoms with Crippen LogP contribution in [-0.4, -0.2) is 12.3 Å². The van der Waals surface area contributed by atoms with Crippen molar-refractivity contribution < 1.29 is 22.7 Å². The summed E-state index contributed by atoms with van der Waals surface area (Å²) >= 11 is 5.90. The van der Waals surface area contributed by atoms with Crippen LogP contribution in [0.2, 0.25) is 5.02 Å². The molecule has 0 aliphatic rings. The van der Waals surface area contributed by atoms with Gasteiger partial charge in [-0.3, -0.25) is 4.79 Å².